The van der Waals surface area contributed by atoms with Crippen LogP contribution in [-0.2, 0) is 14.3 Å². The number of hydrogen-bond donors (Lipinski definition) is 1. The van der Waals surface area contributed by atoms with Crippen LogP contribution in [0, 0.1) is 20.8 Å². The molecule has 0 atom stereocenters. The Labute approximate surface area is 202 Å². The number of nitrogens with one attached hydrogen (secondary N) is 1. The number of nitrogens with zero attached hydrogens (tertiary/aromatic N) is 1. The Morgan fingerprint density at radius 2 is 1.59 bits per heavy atom. The van der Waals surface area contributed by atoms with Crippen molar-refractivity contribution >= 4 is 40.9 Å². The molecule has 1 heterocycles. The molecule has 0 saturated heterocycles. The molecule has 1 aliphatic rings. The smallest absolute Gasteiger partial charge is 0.339 e. The lowest BCUT2D eigenvalue weighted by atomic mass is 10.1. The highest BCUT2D eigenvalue weighted by atomic mass is 32.2. The Morgan fingerprint density at radius 3 is 2.29 bits per heavy atom. The maximum atomic E-state index is 13.7. The first-order valence-electron chi connectivity index (χ1n) is 10.7. The van der Waals surface area contributed by atoms with Crippen LogP contribution in [0.1, 0.15) is 27.0 Å². The molecule has 1 N–H and O–H groups in total. The van der Waals surface area contributed by atoms with E-state index in [0.29, 0.717) is 0 Å². The molecule has 4 rings (SSSR count). The van der Waals surface area contributed by atoms with Gasteiger partial charge >= 0.3 is 5.97 Å². The molecule has 0 saturated carbocycles. The largest absolute Gasteiger partial charge is 0.465 e. The van der Waals surface area contributed by atoms with Gasteiger partial charge in [-0.1, -0.05) is 53.7 Å². The van der Waals surface area contributed by atoms with Gasteiger partial charge in [0.15, 0.2) is 0 Å². The molecule has 0 radical (unpaired) electrons. The number of hydrogen-bond acceptors (Lipinski definition) is 6. The highest BCUT2D eigenvalue weighted by molar-refractivity contribution is 8.04. The zero-order chi connectivity index (χ0) is 24.4. The van der Waals surface area contributed by atoms with Gasteiger partial charge in [0, 0.05) is 10.6 Å². The van der Waals surface area contributed by atoms with E-state index >= 15 is 0 Å². The highest BCUT2D eigenvalue weighted by Crippen LogP contribution is 2.39. The molecule has 3 aromatic carbocycles. The Bertz CT molecular complexity index is 1330. The van der Waals surface area contributed by atoms with E-state index in [0.717, 1.165) is 32.2 Å². The molecule has 6 nitrogen and oxygen atoms in total. The lowest BCUT2D eigenvalue weighted by Crippen LogP contribution is -2.33. The SMILES string of the molecule is COC(=O)c1ccccc1N1C(=O)C(Nc2cccc(C)c2C)=C(Sc2ccc(C)cc2)C1=O. The zero-order valence-electron chi connectivity index (χ0n) is 19.3. The third kappa shape index (κ3) is 4.34. The predicted molar refractivity (Wildman–Crippen MR) is 134 cm³/mol. The average Bonchev–Trinajstić information content (AvgIpc) is 3.06. The number of carbonyl (C=O) groups excluding carboxylic acids is 3. The summed E-state index contributed by atoms with van der Waals surface area (Å²) in [5.74, 6) is -1.66. The van der Waals surface area contributed by atoms with Crippen LogP contribution < -0.4 is 10.2 Å². The molecular weight excluding hydrogens is 448 g/mol. The van der Waals surface area contributed by atoms with E-state index < -0.39 is 17.8 Å². The highest BCUT2D eigenvalue weighted by Gasteiger charge is 2.41. The lowest BCUT2D eigenvalue weighted by molar-refractivity contribution is -0.120. The van der Waals surface area contributed by atoms with Crippen molar-refractivity contribution in [2.45, 2.75) is 25.7 Å². The van der Waals surface area contributed by atoms with Gasteiger partial charge in [0.1, 0.15) is 10.6 Å². The van der Waals surface area contributed by atoms with Crippen molar-refractivity contribution < 1.29 is 19.1 Å². The first kappa shape index (κ1) is 23.3. The molecule has 7 heteroatoms. The van der Waals surface area contributed by atoms with Crippen LogP contribution in [0.3, 0.4) is 0 Å². The molecule has 0 fully saturated rings. The third-order valence-electron chi connectivity index (χ3n) is 5.70. The lowest BCUT2D eigenvalue weighted by Gasteiger charge is -2.18. The van der Waals surface area contributed by atoms with Crippen molar-refractivity contribution in [2.24, 2.45) is 0 Å². The molecule has 1 aliphatic heterocycles. The number of amides is 2. The number of para-hydroxylation sites is 1. The van der Waals surface area contributed by atoms with Crippen molar-refractivity contribution in [1.82, 2.24) is 0 Å². The van der Waals surface area contributed by atoms with Crippen molar-refractivity contribution in [3.05, 3.63) is 99.6 Å². The van der Waals surface area contributed by atoms with Crippen LogP contribution in [0.25, 0.3) is 0 Å². The molecule has 172 valence electrons. The second-order valence-corrected chi connectivity index (χ2v) is 9.03. The average molecular weight is 473 g/mol. The molecule has 0 bridgehead atoms. The Morgan fingerprint density at radius 1 is 0.882 bits per heavy atom. The van der Waals surface area contributed by atoms with Gasteiger partial charge in [0.25, 0.3) is 11.8 Å². The summed E-state index contributed by atoms with van der Waals surface area (Å²) in [6.45, 7) is 5.92. The summed E-state index contributed by atoms with van der Waals surface area (Å²) in [5, 5.41) is 3.20. The van der Waals surface area contributed by atoms with Gasteiger partial charge < -0.3 is 10.1 Å². The zero-order valence-corrected chi connectivity index (χ0v) is 20.2. The third-order valence-corrected chi connectivity index (χ3v) is 6.79. The molecular formula is C27H24N2O4S. The van der Waals surface area contributed by atoms with Gasteiger partial charge in [-0.3, -0.25) is 9.59 Å². The number of esters is 1. The molecule has 3 aromatic rings. The number of aryl methyl sites for hydroxylation is 2. The van der Waals surface area contributed by atoms with Gasteiger partial charge in [-0.05, 0) is 62.2 Å². The van der Waals surface area contributed by atoms with Crippen molar-refractivity contribution in [1.29, 1.82) is 0 Å². The van der Waals surface area contributed by atoms with Gasteiger partial charge in [0.05, 0.1) is 18.4 Å². The number of rotatable bonds is 6. The van der Waals surface area contributed by atoms with Gasteiger partial charge in [-0.2, -0.15) is 0 Å². The number of anilines is 2. The Balaban J connectivity index is 1.81. The summed E-state index contributed by atoms with van der Waals surface area (Å²) in [4.78, 5) is 41.8. The summed E-state index contributed by atoms with van der Waals surface area (Å²) >= 11 is 1.22. The quantitative estimate of drug-likeness (QED) is 0.383. The fourth-order valence-corrected chi connectivity index (χ4v) is 4.56. The predicted octanol–water partition coefficient (Wildman–Crippen LogP) is 5.39. The van der Waals surface area contributed by atoms with Crippen LogP contribution >= 0.6 is 11.8 Å². The van der Waals surface area contributed by atoms with Gasteiger partial charge in [-0.15, -0.1) is 0 Å². The van der Waals surface area contributed by atoms with E-state index in [4.69, 9.17) is 4.74 Å². The minimum Gasteiger partial charge on any atom is -0.465 e. The summed E-state index contributed by atoms with van der Waals surface area (Å²) in [6.07, 6.45) is 0. The Hall–Kier alpha value is -3.84. The van der Waals surface area contributed by atoms with Crippen LogP contribution in [0.2, 0.25) is 0 Å². The monoisotopic (exact) mass is 472 g/mol. The number of ether oxygens (including phenoxy) is 1. The van der Waals surface area contributed by atoms with Crippen LogP contribution in [0.15, 0.2) is 82.2 Å². The first-order valence-corrected chi connectivity index (χ1v) is 11.5. The van der Waals surface area contributed by atoms with E-state index in [1.54, 1.807) is 18.2 Å². The fourth-order valence-electron chi connectivity index (χ4n) is 3.63. The maximum Gasteiger partial charge on any atom is 0.339 e. The van der Waals surface area contributed by atoms with Crippen LogP contribution in [0.5, 0.6) is 0 Å². The topological polar surface area (TPSA) is 75.7 Å². The van der Waals surface area contributed by atoms with Crippen molar-refractivity contribution in [2.75, 3.05) is 17.3 Å². The molecule has 0 aromatic heterocycles. The number of methoxy groups -OCH3 is 1. The molecule has 2 amide bonds. The van der Waals surface area contributed by atoms with Crippen molar-refractivity contribution in [3.8, 4) is 0 Å². The van der Waals surface area contributed by atoms with Gasteiger partial charge in [0.2, 0.25) is 0 Å². The molecule has 0 aliphatic carbocycles. The molecule has 34 heavy (non-hydrogen) atoms. The maximum absolute atomic E-state index is 13.7. The number of imide groups is 1. The van der Waals surface area contributed by atoms with Gasteiger partial charge in [-0.25, -0.2) is 9.69 Å². The second-order valence-electron chi connectivity index (χ2n) is 7.95. The van der Waals surface area contributed by atoms with E-state index in [1.165, 1.54) is 24.9 Å². The number of thioether (sulfide) groups is 1. The minimum atomic E-state index is -0.625. The Kier molecular flexibility index (Phi) is 6.56. The fraction of sp³-hybridized carbons (Fsp3) is 0.148. The summed E-state index contributed by atoms with van der Waals surface area (Å²) in [6, 6.07) is 19.9. The molecule has 0 unspecified atom stereocenters. The summed E-state index contributed by atoms with van der Waals surface area (Å²) < 4.78 is 4.87. The number of carbonyl (C=O) groups is 3. The molecule has 0 spiro atoms. The van der Waals surface area contributed by atoms with E-state index in [9.17, 15) is 14.4 Å². The van der Waals surface area contributed by atoms with Crippen LogP contribution in [-0.4, -0.2) is 24.9 Å². The number of benzene rings is 3. The van der Waals surface area contributed by atoms with E-state index in [-0.39, 0.29) is 21.9 Å². The summed E-state index contributed by atoms with van der Waals surface area (Å²) in [5.41, 5.74) is 4.36. The van der Waals surface area contributed by atoms with Crippen LogP contribution in [0.4, 0.5) is 11.4 Å². The normalized spacial score (nSPS) is 13.5. The standard InChI is InChI=1S/C27H24N2O4S/c1-16-12-14-19(15-13-16)34-24-23(28-21-10-7-8-17(2)18(21)3)25(30)29(26(24)31)22-11-6-5-9-20(22)27(32)33-4/h5-15,28H,1-4H3. The van der Waals surface area contributed by atoms with E-state index in [1.807, 2.05) is 63.2 Å². The first-order chi connectivity index (χ1) is 16.3. The second kappa shape index (κ2) is 9.57. The minimum absolute atomic E-state index is 0.138. The van der Waals surface area contributed by atoms with Crippen molar-refractivity contribution in [3.63, 3.8) is 0 Å². The summed E-state index contributed by atoms with van der Waals surface area (Å²) in [7, 11) is 1.26. The van der Waals surface area contributed by atoms with E-state index in [2.05, 4.69) is 5.32 Å².